The third kappa shape index (κ3) is 4.54. The van der Waals surface area contributed by atoms with Crippen molar-refractivity contribution < 1.29 is 17.6 Å². The van der Waals surface area contributed by atoms with Gasteiger partial charge >= 0.3 is 0 Å². The maximum atomic E-state index is 12.8. The molecule has 2 rings (SSSR count). The Balaban J connectivity index is 1.97. The first-order chi connectivity index (χ1) is 10.4. The van der Waals surface area contributed by atoms with E-state index < -0.39 is 21.6 Å². The molecular formula is C15H13ClFNO3S. The van der Waals surface area contributed by atoms with Gasteiger partial charge in [-0.1, -0.05) is 17.7 Å². The first-order valence-electron chi connectivity index (χ1n) is 6.40. The van der Waals surface area contributed by atoms with E-state index in [0.29, 0.717) is 10.7 Å². The molecule has 0 aliphatic heterocycles. The van der Waals surface area contributed by atoms with Gasteiger partial charge in [0.1, 0.15) is 5.82 Å². The van der Waals surface area contributed by atoms with Crippen LogP contribution in [0.2, 0.25) is 5.02 Å². The summed E-state index contributed by atoms with van der Waals surface area (Å²) in [4.78, 5) is 11.8. The molecule has 2 aromatic rings. The summed E-state index contributed by atoms with van der Waals surface area (Å²) in [5.74, 6) is -1.31. The fourth-order valence-corrected chi connectivity index (χ4v) is 3.21. The molecule has 116 valence electrons. The Labute approximate surface area is 132 Å². The van der Waals surface area contributed by atoms with E-state index in [1.165, 1.54) is 12.1 Å². The Kier molecular flexibility index (Phi) is 5.15. The van der Waals surface area contributed by atoms with Gasteiger partial charge in [-0.25, -0.2) is 12.8 Å². The van der Waals surface area contributed by atoms with Crippen molar-refractivity contribution in [3.63, 3.8) is 0 Å². The van der Waals surface area contributed by atoms with Crippen LogP contribution in [0.5, 0.6) is 0 Å². The van der Waals surface area contributed by atoms with Crippen molar-refractivity contribution in [2.75, 3.05) is 11.1 Å². The smallest absolute Gasteiger partial charge is 0.225 e. The molecule has 4 nitrogen and oxygen atoms in total. The molecular weight excluding hydrogens is 329 g/mol. The minimum absolute atomic E-state index is 0.00976. The van der Waals surface area contributed by atoms with Crippen LogP contribution < -0.4 is 5.32 Å². The standard InChI is InChI=1S/C15H13ClFNO3S/c16-11-2-1-3-13(10-11)18-15(19)8-9-22(20,21)14-6-4-12(17)5-7-14/h1-7,10H,8-9H2,(H,18,19). The third-order valence-corrected chi connectivity index (χ3v) is 4.85. The van der Waals surface area contributed by atoms with Gasteiger partial charge in [0, 0.05) is 17.1 Å². The van der Waals surface area contributed by atoms with Crippen LogP contribution in [-0.2, 0) is 14.6 Å². The minimum Gasteiger partial charge on any atom is -0.326 e. The fourth-order valence-electron chi connectivity index (χ4n) is 1.78. The van der Waals surface area contributed by atoms with Gasteiger partial charge in [0.15, 0.2) is 9.84 Å². The van der Waals surface area contributed by atoms with E-state index in [4.69, 9.17) is 11.6 Å². The molecule has 22 heavy (non-hydrogen) atoms. The molecule has 0 aliphatic rings. The number of sulfone groups is 1. The molecule has 0 saturated heterocycles. The normalized spacial score (nSPS) is 11.2. The lowest BCUT2D eigenvalue weighted by atomic mass is 10.3. The number of anilines is 1. The topological polar surface area (TPSA) is 63.2 Å². The average molecular weight is 342 g/mol. The van der Waals surface area contributed by atoms with E-state index in [0.717, 1.165) is 12.1 Å². The van der Waals surface area contributed by atoms with E-state index in [1.807, 2.05) is 0 Å². The quantitative estimate of drug-likeness (QED) is 0.849. The van der Waals surface area contributed by atoms with Gasteiger partial charge in [-0.3, -0.25) is 4.79 Å². The number of benzene rings is 2. The lowest BCUT2D eigenvalue weighted by Crippen LogP contribution is -2.17. The first kappa shape index (κ1) is 16.5. The van der Waals surface area contributed by atoms with E-state index in [1.54, 1.807) is 24.3 Å². The highest BCUT2D eigenvalue weighted by molar-refractivity contribution is 7.91. The summed E-state index contributed by atoms with van der Waals surface area (Å²) in [5, 5.41) is 3.04. The highest BCUT2D eigenvalue weighted by atomic mass is 35.5. The molecule has 0 spiro atoms. The number of hydrogen-bond acceptors (Lipinski definition) is 3. The number of halogens is 2. The van der Waals surface area contributed by atoms with E-state index in [2.05, 4.69) is 5.32 Å². The molecule has 0 radical (unpaired) electrons. The second kappa shape index (κ2) is 6.89. The van der Waals surface area contributed by atoms with Gasteiger partial charge in [-0.05, 0) is 42.5 Å². The Hall–Kier alpha value is -1.92. The van der Waals surface area contributed by atoms with E-state index in [-0.39, 0.29) is 17.1 Å². The summed E-state index contributed by atoms with van der Waals surface area (Å²) in [6.07, 6.45) is -0.202. The SMILES string of the molecule is O=C(CCS(=O)(=O)c1ccc(F)cc1)Nc1cccc(Cl)c1. The summed E-state index contributed by atoms with van der Waals surface area (Å²) in [7, 11) is -3.63. The van der Waals surface area contributed by atoms with Crippen LogP contribution in [0.25, 0.3) is 0 Å². The van der Waals surface area contributed by atoms with Crippen LogP contribution in [0.3, 0.4) is 0 Å². The Morgan fingerprint density at radius 1 is 1.14 bits per heavy atom. The van der Waals surface area contributed by atoms with Crippen molar-refractivity contribution in [3.05, 3.63) is 59.4 Å². The summed E-state index contributed by atoms with van der Waals surface area (Å²) >= 11 is 5.79. The zero-order valence-corrected chi connectivity index (χ0v) is 13.0. The summed E-state index contributed by atoms with van der Waals surface area (Å²) in [6, 6.07) is 11.0. The predicted molar refractivity (Wildman–Crippen MR) is 83.2 cm³/mol. The maximum Gasteiger partial charge on any atom is 0.225 e. The molecule has 1 N–H and O–H groups in total. The maximum absolute atomic E-state index is 12.8. The molecule has 0 bridgehead atoms. The van der Waals surface area contributed by atoms with Crippen molar-refractivity contribution in [2.24, 2.45) is 0 Å². The van der Waals surface area contributed by atoms with Crippen molar-refractivity contribution in [1.82, 2.24) is 0 Å². The molecule has 2 aromatic carbocycles. The third-order valence-electron chi connectivity index (χ3n) is 2.88. The second-order valence-electron chi connectivity index (χ2n) is 4.58. The molecule has 0 atom stereocenters. The second-order valence-corrected chi connectivity index (χ2v) is 7.13. The van der Waals surface area contributed by atoms with Crippen molar-refractivity contribution in [2.45, 2.75) is 11.3 Å². The zero-order chi connectivity index (χ0) is 16.2. The summed E-state index contributed by atoms with van der Waals surface area (Å²) < 4.78 is 36.9. The monoisotopic (exact) mass is 341 g/mol. The Morgan fingerprint density at radius 3 is 2.45 bits per heavy atom. The van der Waals surface area contributed by atoms with Gasteiger partial charge in [0.05, 0.1) is 10.6 Å². The first-order valence-corrected chi connectivity index (χ1v) is 8.43. The zero-order valence-electron chi connectivity index (χ0n) is 11.4. The largest absolute Gasteiger partial charge is 0.326 e. The van der Waals surface area contributed by atoms with Crippen LogP contribution in [0.1, 0.15) is 6.42 Å². The van der Waals surface area contributed by atoms with Gasteiger partial charge in [-0.2, -0.15) is 0 Å². The molecule has 0 heterocycles. The van der Waals surface area contributed by atoms with Crippen LogP contribution >= 0.6 is 11.6 Å². The lowest BCUT2D eigenvalue weighted by molar-refractivity contribution is -0.115. The number of nitrogens with one attached hydrogen (secondary N) is 1. The molecule has 0 unspecified atom stereocenters. The average Bonchev–Trinajstić information content (AvgIpc) is 2.46. The van der Waals surface area contributed by atoms with Gasteiger partial charge in [0.25, 0.3) is 0 Å². The minimum atomic E-state index is -3.63. The number of amides is 1. The molecule has 0 fully saturated rings. The van der Waals surface area contributed by atoms with Crippen LogP contribution in [0.15, 0.2) is 53.4 Å². The van der Waals surface area contributed by atoms with Gasteiger partial charge in [0.2, 0.25) is 5.91 Å². The summed E-state index contributed by atoms with van der Waals surface area (Å²) in [5.41, 5.74) is 0.497. The summed E-state index contributed by atoms with van der Waals surface area (Å²) in [6.45, 7) is 0. The van der Waals surface area contributed by atoms with Gasteiger partial charge < -0.3 is 5.32 Å². The lowest BCUT2D eigenvalue weighted by Gasteiger charge is -2.06. The van der Waals surface area contributed by atoms with Gasteiger partial charge in [-0.15, -0.1) is 0 Å². The highest BCUT2D eigenvalue weighted by Crippen LogP contribution is 2.16. The Morgan fingerprint density at radius 2 is 1.82 bits per heavy atom. The molecule has 1 amide bonds. The number of carbonyl (C=O) groups is 1. The molecule has 0 aliphatic carbocycles. The highest BCUT2D eigenvalue weighted by Gasteiger charge is 2.16. The molecule has 7 heteroatoms. The number of carbonyl (C=O) groups excluding carboxylic acids is 1. The number of hydrogen-bond donors (Lipinski definition) is 1. The number of rotatable bonds is 5. The van der Waals surface area contributed by atoms with E-state index in [9.17, 15) is 17.6 Å². The predicted octanol–water partition coefficient (Wildman–Crippen LogP) is 3.28. The fraction of sp³-hybridized carbons (Fsp3) is 0.133. The van der Waals surface area contributed by atoms with Crippen molar-refractivity contribution >= 4 is 33.0 Å². The van der Waals surface area contributed by atoms with Crippen LogP contribution in [0, 0.1) is 5.82 Å². The van der Waals surface area contributed by atoms with Crippen molar-refractivity contribution in [1.29, 1.82) is 0 Å². The van der Waals surface area contributed by atoms with E-state index >= 15 is 0 Å². The van der Waals surface area contributed by atoms with Crippen LogP contribution in [-0.4, -0.2) is 20.1 Å². The van der Waals surface area contributed by atoms with Crippen LogP contribution in [0.4, 0.5) is 10.1 Å². The molecule has 0 saturated carbocycles. The molecule has 0 aromatic heterocycles. The Bertz CT molecular complexity index is 776. The van der Waals surface area contributed by atoms with Crippen molar-refractivity contribution in [3.8, 4) is 0 Å².